The standard InChI is InChI=1S/C19H26N2O3/c1-19(2)15(17(22)20-10-6-7-11-20)12-16(19)21(18(23)24)13-14-8-4-3-5-9-14/h3-5,8-9,15-16H,6-7,10-13H2,1-2H3,(H,23,24)/t15-,16-/m0/s1. The van der Waals surface area contributed by atoms with Crippen LogP contribution in [0.1, 0.15) is 38.7 Å². The fourth-order valence-electron chi connectivity index (χ4n) is 4.10. The minimum atomic E-state index is -0.913. The lowest BCUT2D eigenvalue weighted by atomic mass is 9.57. The van der Waals surface area contributed by atoms with Gasteiger partial charge in [-0.15, -0.1) is 0 Å². The highest BCUT2D eigenvalue weighted by molar-refractivity contribution is 5.81. The molecule has 2 aliphatic rings. The lowest BCUT2D eigenvalue weighted by Crippen LogP contribution is -2.63. The van der Waals surface area contributed by atoms with E-state index in [0.29, 0.717) is 13.0 Å². The van der Waals surface area contributed by atoms with Crippen LogP contribution in [0.5, 0.6) is 0 Å². The van der Waals surface area contributed by atoms with E-state index in [0.717, 1.165) is 31.5 Å². The zero-order chi connectivity index (χ0) is 17.3. The predicted molar refractivity (Wildman–Crippen MR) is 91.5 cm³/mol. The van der Waals surface area contributed by atoms with Gasteiger partial charge in [0.25, 0.3) is 0 Å². The van der Waals surface area contributed by atoms with E-state index in [1.807, 2.05) is 49.1 Å². The number of hydrogen-bond acceptors (Lipinski definition) is 2. The molecule has 1 aliphatic heterocycles. The Kier molecular flexibility index (Phi) is 4.52. The summed E-state index contributed by atoms with van der Waals surface area (Å²) in [5, 5.41) is 9.67. The van der Waals surface area contributed by atoms with Crippen molar-refractivity contribution in [3.8, 4) is 0 Å². The minimum absolute atomic E-state index is 0.0711. The zero-order valence-electron chi connectivity index (χ0n) is 14.4. The predicted octanol–water partition coefficient (Wildman–Crippen LogP) is 3.20. The molecule has 0 radical (unpaired) electrons. The number of nitrogens with zero attached hydrogens (tertiary/aromatic N) is 2. The Morgan fingerprint density at radius 2 is 1.83 bits per heavy atom. The first-order valence-electron chi connectivity index (χ1n) is 8.73. The number of likely N-dealkylation sites (tertiary alicyclic amines) is 1. The van der Waals surface area contributed by atoms with E-state index in [1.54, 1.807) is 0 Å². The minimum Gasteiger partial charge on any atom is -0.465 e. The van der Waals surface area contributed by atoms with Crippen molar-refractivity contribution in [2.75, 3.05) is 13.1 Å². The van der Waals surface area contributed by atoms with Gasteiger partial charge in [0.1, 0.15) is 0 Å². The van der Waals surface area contributed by atoms with Crippen LogP contribution in [0.4, 0.5) is 4.79 Å². The number of hydrogen-bond donors (Lipinski definition) is 1. The van der Waals surface area contributed by atoms with E-state index in [1.165, 1.54) is 4.90 Å². The highest BCUT2D eigenvalue weighted by Gasteiger charge is 2.56. The second-order valence-electron chi connectivity index (χ2n) is 7.55. The quantitative estimate of drug-likeness (QED) is 0.922. The van der Waals surface area contributed by atoms with Gasteiger partial charge in [0.15, 0.2) is 0 Å². The zero-order valence-corrected chi connectivity index (χ0v) is 14.4. The smallest absolute Gasteiger partial charge is 0.407 e. The van der Waals surface area contributed by atoms with Gasteiger partial charge in [-0.05, 0) is 30.2 Å². The average Bonchev–Trinajstić information content (AvgIpc) is 3.08. The summed E-state index contributed by atoms with van der Waals surface area (Å²) in [4.78, 5) is 27.9. The van der Waals surface area contributed by atoms with Gasteiger partial charge < -0.3 is 14.9 Å². The molecule has 5 heteroatoms. The summed E-state index contributed by atoms with van der Waals surface area (Å²) in [7, 11) is 0. The number of amides is 2. The molecule has 1 saturated carbocycles. The first kappa shape index (κ1) is 16.8. The molecule has 1 aliphatic carbocycles. The van der Waals surface area contributed by atoms with Gasteiger partial charge >= 0.3 is 6.09 Å². The molecule has 2 fully saturated rings. The van der Waals surface area contributed by atoms with Crippen molar-refractivity contribution in [3.63, 3.8) is 0 Å². The number of rotatable bonds is 4. The molecule has 0 aromatic heterocycles. The summed E-state index contributed by atoms with van der Waals surface area (Å²) < 4.78 is 0. The molecule has 2 atom stereocenters. The maximum Gasteiger partial charge on any atom is 0.407 e. The third-order valence-corrected chi connectivity index (χ3v) is 5.75. The van der Waals surface area contributed by atoms with Gasteiger partial charge in [-0.2, -0.15) is 0 Å². The fraction of sp³-hybridized carbons (Fsp3) is 0.579. The largest absolute Gasteiger partial charge is 0.465 e. The highest BCUT2D eigenvalue weighted by Crippen LogP contribution is 2.50. The summed E-state index contributed by atoms with van der Waals surface area (Å²) in [6.07, 6.45) is 1.88. The van der Waals surface area contributed by atoms with Crippen LogP contribution in [0.3, 0.4) is 0 Å². The van der Waals surface area contributed by atoms with Crippen LogP contribution in [0.25, 0.3) is 0 Å². The second kappa shape index (κ2) is 6.46. The molecule has 2 amide bonds. The molecule has 130 valence electrons. The van der Waals surface area contributed by atoms with Gasteiger partial charge in [0.2, 0.25) is 5.91 Å². The summed E-state index contributed by atoms with van der Waals surface area (Å²) in [6.45, 7) is 6.13. The summed E-state index contributed by atoms with van der Waals surface area (Å²) >= 11 is 0. The highest BCUT2D eigenvalue weighted by atomic mass is 16.4. The Hall–Kier alpha value is -2.04. The molecule has 0 unspecified atom stereocenters. The average molecular weight is 330 g/mol. The molecule has 0 bridgehead atoms. The third kappa shape index (κ3) is 2.99. The Labute approximate surface area is 143 Å². The number of carbonyl (C=O) groups excluding carboxylic acids is 1. The van der Waals surface area contributed by atoms with Gasteiger partial charge in [0.05, 0.1) is 0 Å². The van der Waals surface area contributed by atoms with Crippen LogP contribution in [0, 0.1) is 11.3 Å². The monoisotopic (exact) mass is 330 g/mol. The molecule has 5 nitrogen and oxygen atoms in total. The van der Waals surface area contributed by atoms with Crippen LogP contribution in [-0.2, 0) is 11.3 Å². The van der Waals surface area contributed by atoms with Crippen molar-refractivity contribution in [3.05, 3.63) is 35.9 Å². The van der Waals surface area contributed by atoms with Crippen LogP contribution in [0.15, 0.2) is 30.3 Å². The van der Waals surface area contributed by atoms with Crippen LogP contribution < -0.4 is 0 Å². The van der Waals surface area contributed by atoms with E-state index in [2.05, 4.69) is 0 Å². The topological polar surface area (TPSA) is 60.9 Å². The lowest BCUT2D eigenvalue weighted by Gasteiger charge is -2.55. The first-order chi connectivity index (χ1) is 11.4. The molecular weight excluding hydrogens is 304 g/mol. The molecule has 1 saturated heterocycles. The molecule has 1 heterocycles. The van der Waals surface area contributed by atoms with Gasteiger partial charge in [-0.3, -0.25) is 4.79 Å². The van der Waals surface area contributed by atoms with E-state index < -0.39 is 6.09 Å². The normalized spacial score (nSPS) is 25.2. The van der Waals surface area contributed by atoms with E-state index in [4.69, 9.17) is 0 Å². The summed E-state index contributed by atoms with van der Waals surface area (Å²) in [6, 6.07) is 9.52. The molecule has 3 rings (SSSR count). The SMILES string of the molecule is CC1(C)[C@@H](N(Cc2ccccc2)C(=O)O)C[C@H]1C(=O)N1CCCC1. The Morgan fingerprint density at radius 1 is 1.21 bits per heavy atom. The van der Waals surface area contributed by atoms with Gasteiger partial charge in [-0.1, -0.05) is 44.2 Å². The van der Waals surface area contributed by atoms with Gasteiger partial charge in [0, 0.05) is 31.6 Å². The van der Waals surface area contributed by atoms with Gasteiger partial charge in [-0.25, -0.2) is 4.79 Å². The maximum atomic E-state index is 12.7. The summed E-state index contributed by atoms with van der Waals surface area (Å²) in [5.74, 6) is 0.136. The Bertz CT molecular complexity index is 608. The molecule has 1 aromatic carbocycles. The number of benzene rings is 1. The first-order valence-corrected chi connectivity index (χ1v) is 8.73. The fourth-order valence-corrected chi connectivity index (χ4v) is 4.10. The van der Waals surface area contributed by atoms with E-state index in [9.17, 15) is 14.7 Å². The van der Waals surface area contributed by atoms with Crippen molar-refractivity contribution < 1.29 is 14.7 Å². The van der Waals surface area contributed by atoms with Crippen LogP contribution >= 0.6 is 0 Å². The maximum absolute atomic E-state index is 12.7. The summed E-state index contributed by atoms with van der Waals surface area (Å²) in [5.41, 5.74) is 0.650. The Balaban J connectivity index is 1.71. The molecule has 1 aromatic rings. The van der Waals surface area contributed by atoms with E-state index >= 15 is 0 Å². The van der Waals surface area contributed by atoms with Crippen molar-refractivity contribution >= 4 is 12.0 Å². The van der Waals surface area contributed by atoms with Crippen molar-refractivity contribution in [2.45, 2.75) is 45.7 Å². The molecule has 1 N–H and O–H groups in total. The molecule has 24 heavy (non-hydrogen) atoms. The number of carbonyl (C=O) groups is 2. The van der Waals surface area contributed by atoms with Crippen molar-refractivity contribution in [1.82, 2.24) is 9.80 Å². The molecule has 0 spiro atoms. The Morgan fingerprint density at radius 3 is 2.38 bits per heavy atom. The van der Waals surface area contributed by atoms with Crippen LogP contribution in [0.2, 0.25) is 0 Å². The second-order valence-corrected chi connectivity index (χ2v) is 7.55. The van der Waals surface area contributed by atoms with Crippen molar-refractivity contribution in [2.24, 2.45) is 11.3 Å². The third-order valence-electron chi connectivity index (χ3n) is 5.75. The van der Waals surface area contributed by atoms with E-state index in [-0.39, 0.29) is 23.3 Å². The van der Waals surface area contributed by atoms with Crippen molar-refractivity contribution in [1.29, 1.82) is 0 Å². The van der Waals surface area contributed by atoms with Crippen LogP contribution in [-0.4, -0.2) is 46.0 Å². The lowest BCUT2D eigenvalue weighted by molar-refractivity contribution is -0.152. The molecular formula is C19H26N2O3. The number of carboxylic acid groups (broad SMARTS) is 1.